The largest absolute Gasteiger partial charge is 0.497 e. The number of likely N-dealkylation sites (tertiary alicyclic amines) is 1. The van der Waals surface area contributed by atoms with Crippen molar-refractivity contribution in [1.82, 2.24) is 15.1 Å². The highest BCUT2D eigenvalue weighted by Gasteiger charge is 2.32. The summed E-state index contributed by atoms with van der Waals surface area (Å²) >= 11 is 1.22. The van der Waals surface area contributed by atoms with E-state index in [1.54, 1.807) is 43.4 Å². The lowest BCUT2D eigenvalue weighted by Crippen LogP contribution is -2.34. The summed E-state index contributed by atoms with van der Waals surface area (Å²) in [4.78, 5) is 27.0. The molecular formula is C27H30N4O7S. The second kappa shape index (κ2) is 12.3. The standard InChI is InChI=1S/C27H30N4O7S/c1-34-19-4-6-20(7-5-19)37-16-25-29-30-27(39-25)28-24(32)14-31-13-18(12-26(31)33)17-3-8-22(35-2)23(11-17)38-21-9-10-36-15-21/h3-8,11,18,21H,9-10,12-16H2,1-2H3,(H,28,30,32)/t18-,21-/m1/s1. The molecule has 0 radical (unpaired) electrons. The predicted octanol–water partition coefficient (Wildman–Crippen LogP) is 3.26. The van der Waals surface area contributed by atoms with Crippen molar-refractivity contribution in [3.8, 4) is 23.0 Å². The molecule has 0 bridgehead atoms. The summed E-state index contributed by atoms with van der Waals surface area (Å²) in [5.74, 6) is 2.22. The molecule has 0 unspecified atom stereocenters. The number of rotatable bonds is 11. The van der Waals surface area contributed by atoms with E-state index in [9.17, 15) is 9.59 Å². The lowest BCUT2D eigenvalue weighted by atomic mass is 9.98. The van der Waals surface area contributed by atoms with Crippen molar-refractivity contribution in [2.24, 2.45) is 0 Å². The van der Waals surface area contributed by atoms with Gasteiger partial charge in [-0.15, -0.1) is 10.2 Å². The molecule has 1 N–H and O–H groups in total. The quantitative estimate of drug-likeness (QED) is 0.381. The van der Waals surface area contributed by atoms with Crippen molar-refractivity contribution >= 4 is 28.3 Å². The number of carbonyl (C=O) groups excluding carboxylic acids is 2. The average Bonchev–Trinajstić information content (AvgIpc) is 3.70. The van der Waals surface area contributed by atoms with Gasteiger partial charge in [-0.25, -0.2) is 0 Å². The van der Waals surface area contributed by atoms with E-state index in [2.05, 4.69) is 15.5 Å². The molecule has 39 heavy (non-hydrogen) atoms. The number of nitrogens with zero attached hydrogens (tertiary/aromatic N) is 3. The van der Waals surface area contributed by atoms with Crippen molar-refractivity contribution in [3.63, 3.8) is 0 Å². The van der Waals surface area contributed by atoms with Gasteiger partial charge in [-0.3, -0.25) is 14.9 Å². The molecule has 2 aliphatic rings. The third-order valence-corrected chi connectivity index (χ3v) is 7.34. The van der Waals surface area contributed by atoms with Crippen LogP contribution < -0.4 is 24.3 Å². The molecule has 206 valence electrons. The number of hydrogen-bond acceptors (Lipinski definition) is 10. The highest BCUT2D eigenvalue weighted by atomic mass is 32.1. The van der Waals surface area contributed by atoms with E-state index in [1.165, 1.54) is 11.3 Å². The van der Waals surface area contributed by atoms with Gasteiger partial charge in [-0.1, -0.05) is 17.4 Å². The van der Waals surface area contributed by atoms with Crippen LogP contribution in [-0.2, 0) is 20.9 Å². The number of nitrogens with one attached hydrogen (secondary N) is 1. The summed E-state index contributed by atoms with van der Waals surface area (Å²) in [6.45, 7) is 1.81. The zero-order valence-electron chi connectivity index (χ0n) is 21.8. The second-order valence-electron chi connectivity index (χ2n) is 9.20. The molecule has 2 aliphatic heterocycles. The molecule has 2 fully saturated rings. The SMILES string of the molecule is COc1ccc(OCc2nnc(NC(=O)CN3C[C@H](c4ccc(OC)c(O[C@@H]5CCOC5)c4)CC3=O)s2)cc1. The first-order chi connectivity index (χ1) is 19.0. The lowest BCUT2D eigenvalue weighted by Gasteiger charge is -2.18. The van der Waals surface area contributed by atoms with Gasteiger partial charge in [0, 0.05) is 25.3 Å². The van der Waals surface area contributed by atoms with Crippen LogP contribution in [-0.4, -0.2) is 73.5 Å². The van der Waals surface area contributed by atoms with Crippen LogP contribution in [0.3, 0.4) is 0 Å². The Kier molecular flexibility index (Phi) is 8.42. The van der Waals surface area contributed by atoms with Crippen LogP contribution in [0.25, 0.3) is 0 Å². The summed E-state index contributed by atoms with van der Waals surface area (Å²) in [5.41, 5.74) is 0.964. The Labute approximate surface area is 230 Å². The fourth-order valence-electron chi connectivity index (χ4n) is 4.48. The molecule has 5 rings (SSSR count). The molecule has 2 amide bonds. The molecule has 0 saturated carbocycles. The molecule has 3 heterocycles. The fourth-order valence-corrected chi connectivity index (χ4v) is 5.15. The second-order valence-corrected chi connectivity index (χ2v) is 10.3. The molecule has 0 aliphatic carbocycles. The Hall–Kier alpha value is -3.90. The van der Waals surface area contributed by atoms with Gasteiger partial charge in [0.05, 0.1) is 34.0 Å². The van der Waals surface area contributed by atoms with E-state index in [1.807, 2.05) is 18.2 Å². The van der Waals surface area contributed by atoms with Gasteiger partial charge in [0.2, 0.25) is 16.9 Å². The maximum atomic E-state index is 12.7. The van der Waals surface area contributed by atoms with Gasteiger partial charge in [0.15, 0.2) is 16.5 Å². The molecule has 2 atom stereocenters. The van der Waals surface area contributed by atoms with Crippen molar-refractivity contribution in [2.45, 2.75) is 31.5 Å². The van der Waals surface area contributed by atoms with Crippen molar-refractivity contribution < 1.29 is 33.3 Å². The highest BCUT2D eigenvalue weighted by molar-refractivity contribution is 7.15. The minimum Gasteiger partial charge on any atom is -0.497 e. The molecule has 2 aromatic carbocycles. The number of anilines is 1. The molecule has 11 nitrogen and oxygen atoms in total. The van der Waals surface area contributed by atoms with E-state index in [0.717, 1.165) is 17.7 Å². The molecule has 3 aromatic rings. The molecular weight excluding hydrogens is 524 g/mol. The maximum Gasteiger partial charge on any atom is 0.245 e. The third-order valence-electron chi connectivity index (χ3n) is 6.52. The van der Waals surface area contributed by atoms with Crippen LogP contribution in [0.4, 0.5) is 5.13 Å². The van der Waals surface area contributed by atoms with Crippen LogP contribution in [0.1, 0.15) is 29.3 Å². The zero-order valence-corrected chi connectivity index (χ0v) is 22.6. The Balaban J connectivity index is 1.13. The summed E-state index contributed by atoms with van der Waals surface area (Å²) < 4.78 is 27.8. The highest BCUT2D eigenvalue weighted by Crippen LogP contribution is 2.36. The monoisotopic (exact) mass is 554 g/mol. The van der Waals surface area contributed by atoms with Crippen LogP contribution in [0.2, 0.25) is 0 Å². The van der Waals surface area contributed by atoms with E-state index in [4.69, 9.17) is 23.7 Å². The normalized spacial score (nSPS) is 18.7. The van der Waals surface area contributed by atoms with E-state index in [-0.39, 0.29) is 37.0 Å². The number of carbonyl (C=O) groups is 2. The summed E-state index contributed by atoms with van der Waals surface area (Å²) in [5, 5.41) is 11.8. The number of aromatic nitrogens is 2. The van der Waals surface area contributed by atoms with Gasteiger partial charge in [-0.05, 0) is 42.0 Å². The zero-order chi connectivity index (χ0) is 27.2. The first-order valence-corrected chi connectivity index (χ1v) is 13.4. The summed E-state index contributed by atoms with van der Waals surface area (Å²) in [6.07, 6.45) is 1.12. The number of amides is 2. The number of methoxy groups -OCH3 is 2. The molecule has 2 saturated heterocycles. The smallest absolute Gasteiger partial charge is 0.245 e. The Morgan fingerprint density at radius 1 is 1.10 bits per heavy atom. The average molecular weight is 555 g/mol. The number of ether oxygens (including phenoxy) is 5. The fraction of sp³-hybridized carbons (Fsp3) is 0.407. The summed E-state index contributed by atoms with van der Waals surface area (Å²) in [6, 6.07) is 12.9. The minimum atomic E-state index is -0.331. The number of benzene rings is 2. The van der Waals surface area contributed by atoms with E-state index < -0.39 is 0 Å². The van der Waals surface area contributed by atoms with Crippen molar-refractivity contribution in [2.75, 3.05) is 45.8 Å². The molecule has 1 aromatic heterocycles. The first-order valence-electron chi connectivity index (χ1n) is 12.6. The van der Waals surface area contributed by atoms with Crippen LogP contribution >= 0.6 is 11.3 Å². The third kappa shape index (κ3) is 6.76. The predicted molar refractivity (Wildman–Crippen MR) is 143 cm³/mol. The lowest BCUT2D eigenvalue weighted by molar-refractivity contribution is -0.131. The van der Waals surface area contributed by atoms with Gasteiger partial charge in [0.1, 0.15) is 24.2 Å². The van der Waals surface area contributed by atoms with Gasteiger partial charge in [-0.2, -0.15) is 0 Å². The Bertz CT molecular complexity index is 1290. The van der Waals surface area contributed by atoms with Crippen LogP contribution in [0.15, 0.2) is 42.5 Å². The Morgan fingerprint density at radius 2 is 1.92 bits per heavy atom. The van der Waals surface area contributed by atoms with E-state index >= 15 is 0 Å². The van der Waals surface area contributed by atoms with Crippen LogP contribution in [0, 0.1) is 0 Å². The van der Waals surface area contributed by atoms with Gasteiger partial charge >= 0.3 is 0 Å². The van der Waals surface area contributed by atoms with Crippen molar-refractivity contribution in [3.05, 3.63) is 53.0 Å². The topological polar surface area (TPSA) is 121 Å². The van der Waals surface area contributed by atoms with E-state index in [0.29, 0.717) is 53.6 Å². The minimum absolute atomic E-state index is 0.0190. The summed E-state index contributed by atoms with van der Waals surface area (Å²) in [7, 11) is 3.20. The van der Waals surface area contributed by atoms with Gasteiger partial charge in [0.25, 0.3) is 0 Å². The molecule has 0 spiro atoms. The van der Waals surface area contributed by atoms with Crippen LogP contribution in [0.5, 0.6) is 23.0 Å². The van der Waals surface area contributed by atoms with Crippen molar-refractivity contribution in [1.29, 1.82) is 0 Å². The maximum absolute atomic E-state index is 12.7. The molecule has 12 heteroatoms. The number of hydrogen-bond donors (Lipinski definition) is 1. The first kappa shape index (κ1) is 26.7. The van der Waals surface area contributed by atoms with Gasteiger partial charge < -0.3 is 28.6 Å². The Morgan fingerprint density at radius 3 is 2.67 bits per heavy atom.